The zero-order chi connectivity index (χ0) is 12.6. The van der Waals surface area contributed by atoms with Crippen molar-refractivity contribution in [3.8, 4) is 0 Å². The van der Waals surface area contributed by atoms with E-state index >= 15 is 0 Å². The Labute approximate surface area is 93.5 Å². The van der Waals surface area contributed by atoms with Crippen LogP contribution in [0.2, 0.25) is 0 Å². The summed E-state index contributed by atoms with van der Waals surface area (Å²) < 4.78 is 0. The third-order valence-corrected chi connectivity index (χ3v) is 2.24. The molecule has 1 saturated heterocycles. The second-order valence-corrected chi connectivity index (χ2v) is 3.64. The van der Waals surface area contributed by atoms with Crippen LogP contribution in [0.25, 0.3) is 0 Å². The molecule has 0 aromatic heterocycles. The van der Waals surface area contributed by atoms with Crippen molar-refractivity contribution in [2.24, 2.45) is 0 Å². The van der Waals surface area contributed by atoms with Crippen LogP contribution in [0.4, 0.5) is 4.79 Å². The molecule has 7 nitrogen and oxygen atoms in total. The summed E-state index contributed by atoms with van der Waals surface area (Å²) in [6.45, 7) is 2.46. The zero-order valence-electron chi connectivity index (χ0n) is 9.19. The quantitative estimate of drug-likeness (QED) is 0.438. The maximum atomic E-state index is 10.4. The van der Waals surface area contributed by atoms with Gasteiger partial charge < -0.3 is 26.0 Å². The maximum absolute atomic E-state index is 10.4. The van der Waals surface area contributed by atoms with E-state index < -0.39 is 17.6 Å². The lowest BCUT2D eigenvalue weighted by Crippen LogP contribution is -2.56. The molecule has 7 heteroatoms. The molecule has 0 aromatic carbocycles. The van der Waals surface area contributed by atoms with Crippen LogP contribution in [0.15, 0.2) is 0 Å². The standard InChI is InChI=1S/C7H14N2O3.C2H4O2/c10-5-7(9-6(11)12)1-3-8-4-2-7;1-2(3)4/h8-10H,1-5H2,(H,11,12);1H3,(H,3,4). The van der Waals surface area contributed by atoms with E-state index in [1.807, 2.05) is 0 Å². The van der Waals surface area contributed by atoms with Crippen LogP contribution in [-0.4, -0.2) is 52.6 Å². The van der Waals surface area contributed by atoms with Crippen LogP contribution in [0.5, 0.6) is 0 Å². The number of aliphatic hydroxyl groups excluding tert-OH is 1. The van der Waals surface area contributed by atoms with Crippen molar-refractivity contribution >= 4 is 12.1 Å². The Hall–Kier alpha value is -1.34. The van der Waals surface area contributed by atoms with Crippen LogP contribution in [0.1, 0.15) is 19.8 Å². The molecule has 0 spiro atoms. The van der Waals surface area contributed by atoms with Gasteiger partial charge >= 0.3 is 6.09 Å². The van der Waals surface area contributed by atoms with E-state index in [1.165, 1.54) is 0 Å². The van der Waals surface area contributed by atoms with Crippen molar-refractivity contribution in [3.05, 3.63) is 0 Å². The number of aliphatic hydroxyl groups is 1. The van der Waals surface area contributed by atoms with Crippen LogP contribution in [-0.2, 0) is 4.79 Å². The summed E-state index contributed by atoms with van der Waals surface area (Å²) in [6, 6.07) is 0. The average molecular weight is 234 g/mol. The van der Waals surface area contributed by atoms with Crippen molar-refractivity contribution < 1.29 is 24.9 Å². The first-order chi connectivity index (χ1) is 7.42. The Kier molecular flexibility index (Phi) is 6.43. The van der Waals surface area contributed by atoms with Gasteiger partial charge in [0.25, 0.3) is 5.97 Å². The second kappa shape index (κ2) is 7.02. The van der Waals surface area contributed by atoms with Gasteiger partial charge in [-0.2, -0.15) is 0 Å². The molecule has 0 aromatic rings. The van der Waals surface area contributed by atoms with Crippen molar-refractivity contribution in [2.45, 2.75) is 25.3 Å². The molecule has 1 fully saturated rings. The zero-order valence-corrected chi connectivity index (χ0v) is 9.19. The van der Waals surface area contributed by atoms with Gasteiger partial charge in [0, 0.05) is 6.92 Å². The number of piperidine rings is 1. The third kappa shape index (κ3) is 6.20. The summed E-state index contributed by atoms with van der Waals surface area (Å²) in [4.78, 5) is 19.4. The summed E-state index contributed by atoms with van der Waals surface area (Å²) in [7, 11) is 0. The van der Waals surface area contributed by atoms with Gasteiger partial charge in [0.15, 0.2) is 0 Å². The minimum Gasteiger partial charge on any atom is -0.481 e. The highest BCUT2D eigenvalue weighted by Gasteiger charge is 2.32. The van der Waals surface area contributed by atoms with Gasteiger partial charge in [0.2, 0.25) is 0 Å². The third-order valence-electron chi connectivity index (χ3n) is 2.24. The fraction of sp³-hybridized carbons (Fsp3) is 0.778. The molecule has 0 bridgehead atoms. The van der Waals surface area contributed by atoms with Gasteiger partial charge in [-0.3, -0.25) is 4.79 Å². The molecule has 5 N–H and O–H groups in total. The highest BCUT2D eigenvalue weighted by molar-refractivity contribution is 5.65. The van der Waals surface area contributed by atoms with E-state index in [4.69, 9.17) is 20.1 Å². The summed E-state index contributed by atoms with van der Waals surface area (Å²) in [6.07, 6.45) is 0.233. The molecule has 94 valence electrons. The van der Waals surface area contributed by atoms with Crippen LogP contribution < -0.4 is 10.6 Å². The summed E-state index contributed by atoms with van der Waals surface area (Å²) in [5, 5.41) is 30.4. The molecule has 1 heterocycles. The van der Waals surface area contributed by atoms with Crippen molar-refractivity contribution in [2.75, 3.05) is 19.7 Å². The number of aliphatic carboxylic acids is 1. The maximum Gasteiger partial charge on any atom is 0.405 e. The second-order valence-electron chi connectivity index (χ2n) is 3.64. The van der Waals surface area contributed by atoms with E-state index in [2.05, 4.69) is 10.6 Å². The SMILES string of the molecule is CC(=O)O.O=C(O)NC1(CO)CCNCC1. The smallest absolute Gasteiger partial charge is 0.405 e. The van der Waals surface area contributed by atoms with Crippen LogP contribution in [0, 0.1) is 0 Å². The molecule has 0 saturated carbocycles. The minimum atomic E-state index is -1.06. The number of carboxylic acids is 1. The molecule has 16 heavy (non-hydrogen) atoms. The molecular weight excluding hydrogens is 216 g/mol. The highest BCUT2D eigenvalue weighted by atomic mass is 16.4. The molecule has 1 aliphatic rings. The first kappa shape index (κ1) is 14.7. The monoisotopic (exact) mass is 234 g/mol. The number of carbonyl (C=O) groups is 2. The van der Waals surface area contributed by atoms with E-state index in [0.717, 1.165) is 20.0 Å². The lowest BCUT2D eigenvalue weighted by Gasteiger charge is -2.35. The summed E-state index contributed by atoms with van der Waals surface area (Å²) in [5.41, 5.74) is -0.614. The molecule has 0 unspecified atom stereocenters. The number of nitrogens with one attached hydrogen (secondary N) is 2. The Balaban J connectivity index is 0.000000487. The van der Waals surface area contributed by atoms with Crippen molar-refractivity contribution in [1.82, 2.24) is 10.6 Å². The predicted octanol–water partition coefficient (Wildman–Crippen LogP) is -0.541. The first-order valence-corrected chi connectivity index (χ1v) is 4.94. The molecule has 1 amide bonds. The number of hydrogen-bond acceptors (Lipinski definition) is 4. The van der Waals surface area contributed by atoms with Gasteiger partial charge in [-0.05, 0) is 25.9 Å². The van der Waals surface area contributed by atoms with E-state index in [1.54, 1.807) is 0 Å². The molecular formula is C9H18N2O5. The van der Waals surface area contributed by atoms with Crippen molar-refractivity contribution in [3.63, 3.8) is 0 Å². The Morgan fingerprint density at radius 2 is 1.75 bits per heavy atom. The van der Waals surface area contributed by atoms with E-state index in [9.17, 15) is 4.79 Å². The lowest BCUT2D eigenvalue weighted by atomic mass is 9.89. The van der Waals surface area contributed by atoms with Gasteiger partial charge in [-0.1, -0.05) is 0 Å². The van der Waals surface area contributed by atoms with E-state index in [0.29, 0.717) is 12.8 Å². The van der Waals surface area contributed by atoms with E-state index in [-0.39, 0.29) is 6.61 Å². The fourth-order valence-electron chi connectivity index (χ4n) is 1.45. The normalized spacial score (nSPS) is 17.9. The molecule has 0 atom stereocenters. The first-order valence-electron chi connectivity index (χ1n) is 4.94. The van der Waals surface area contributed by atoms with Gasteiger partial charge in [-0.25, -0.2) is 4.79 Å². The topological polar surface area (TPSA) is 119 Å². The number of amides is 1. The average Bonchev–Trinajstić information content (AvgIpc) is 2.17. The van der Waals surface area contributed by atoms with Crippen molar-refractivity contribution in [1.29, 1.82) is 0 Å². The Morgan fingerprint density at radius 1 is 1.31 bits per heavy atom. The Morgan fingerprint density at radius 3 is 2.06 bits per heavy atom. The number of rotatable bonds is 2. The minimum absolute atomic E-state index is 0.124. The fourth-order valence-corrected chi connectivity index (χ4v) is 1.45. The summed E-state index contributed by atoms with van der Waals surface area (Å²) in [5.74, 6) is -0.833. The van der Waals surface area contributed by atoms with Crippen LogP contribution >= 0.6 is 0 Å². The highest BCUT2D eigenvalue weighted by Crippen LogP contribution is 2.16. The lowest BCUT2D eigenvalue weighted by molar-refractivity contribution is -0.134. The predicted molar refractivity (Wildman–Crippen MR) is 56.4 cm³/mol. The molecule has 1 rings (SSSR count). The number of carboxylic acid groups (broad SMARTS) is 2. The van der Waals surface area contributed by atoms with Gasteiger partial charge in [0.05, 0.1) is 12.1 Å². The summed E-state index contributed by atoms with van der Waals surface area (Å²) >= 11 is 0. The number of hydrogen-bond donors (Lipinski definition) is 5. The molecule has 1 aliphatic heterocycles. The van der Waals surface area contributed by atoms with Gasteiger partial charge in [-0.15, -0.1) is 0 Å². The van der Waals surface area contributed by atoms with Crippen LogP contribution in [0.3, 0.4) is 0 Å². The molecule has 0 aliphatic carbocycles. The Bertz CT molecular complexity index is 234. The molecule has 0 radical (unpaired) electrons. The largest absolute Gasteiger partial charge is 0.481 e. The van der Waals surface area contributed by atoms with Gasteiger partial charge in [0.1, 0.15) is 0 Å².